The van der Waals surface area contributed by atoms with Gasteiger partial charge in [0.05, 0.1) is 0 Å². The van der Waals surface area contributed by atoms with E-state index >= 15 is 0 Å². The maximum atomic E-state index is 6.20. The van der Waals surface area contributed by atoms with Crippen molar-refractivity contribution in [2.45, 2.75) is 0 Å². The number of halogens is 1. The molecule has 3 heteroatoms. The fourth-order valence-corrected chi connectivity index (χ4v) is 2.11. The Balaban J connectivity index is 2.34. The molecule has 0 amide bonds. The Morgan fingerprint density at radius 3 is 2.75 bits per heavy atom. The molecule has 3 aromatic rings. The minimum atomic E-state index is 0.760. The molecule has 2 aromatic heterocycles. The van der Waals surface area contributed by atoms with Crippen molar-refractivity contribution in [2.24, 2.45) is 0 Å². The molecule has 2 heterocycles. The van der Waals surface area contributed by atoms with Gasteiger partial charge in [0.1, 0.15) is 5.65 Å². The first-order valence-corrected chi connectivity index (χ1v) is 5.41. The van der Waals surface area contributed by atoms with E-state index in [4.69, 9.17) is 11.6 Å². The van der Waals surface area contributed by atoms with E-state index in [0.717, 1.165) is 27.2 Å². The van der Waals surface area contributed by atoms with Crippen LogP contribution in [0.15, 0.2) is 48.8 Å². The molecule has 0 radical (unpaired) electrons. The maximum absolute atomic E-state index is 6.20. The lowest BCUT2D eigenvalue weighted by molar-refractivity contribution is 1.33. The third-order valence-corrected chi connectivity index (χ3v) is 2.95. The van der Waals surface area contributed by atoms with E-state index in [2.05, 4.69) is 9.97 Å². The van der Waals surface area contributed by atoms with E-state index in [1.54, 1.807) is 6.20 Å². The largest absolute Gasteiger partial charge is 0.346 e. The van der Waals surface area contributed by atoms with Gasteiger partial charge in [-0.05, 0) is 23.8 Å². The third kappa shape index (κ3) is 1.39. The zero-order valence-electron chi connectivity index (χ0n) is 8.44. The van der Waals surface area contributed by atoms with Gasteiger partial charge in [-0.15, -0.1) is 0 Å². The molecular weight excluding hydrogens is 220 g/mol. The van der Waals surface area contributed by atoms with E-state index in [1.807, 2.05) is 42.6 Å². The highest BCUT2D eigenvalue weighted by atomic mass is 35.5. The van der Waals surface area contributed by atoms with E-state index in [0.29, 0.717) is 0 Å². The molecule has 0 bridgehead atoms. The molecule has 3 rings (SSSR count). The number of aromatic amines is 1. The van der Waals surface area contributed by atoms with Crippen LogP contribution in [-0.2, 0) is 0 Å². The first-order valence-electron chi connectivity index (χ1n) is 5.03. The van der Waals surface area contributed by atoms with Crippen LogP contribution in [0.2, 0.25) is 5.02 Å². The van der Waals surface area contributed by atoms with Crippen LogP contribution in [0.4, 0.5) is 0 Å². The summed E-state index contributed by atoms with van der Waals surface area (Å²) in [6, 6.07) is 11.8. The molecule has 2 nitrogen and oxygen atoms in total. The van der Waals surface area contributed by atoms with Gasteiger partial charge < -0.3 is 4.98 Å². The molecule has 0 atom stereocenters. The highest BCUT2D eigenvalue weighted by Crippen LogP contribution is 2.31. The van der Waals surface area contributed by atoms with Crippen LogP contribution in [0.1, 0.15) is 0 Å². The normalized spacial score (nSPS) is 10.8. The molecule has 0 aliphatic heterocycles. The smallest absolute Gasteiger partial charge is 0.137 e. The number of benzene rings is 1. The standard InChI is InChI=1S/C13H9ClN2/c14-12-4-2-1-3-10(12)9-5-7-15-13-11(9)6-8-16-13/h1-8H,(H,15,16). The van der Waals surface area contributed by atoms with Gasteiger partial charge in [-0.1, -0.05) is 29.8 Å². The minimum Gasteiger partial charge on any atom is -0.346 e. The van der Waals surface area contributed by atoms with Crippen molar-refractivity contribution >= 4 is 22.6 Å². The van der Waals surface area contributed by atoms with Gasteiger partial charge in [-0.3, -0.25) is 0 Å². The number of fused-ring (bicyclic) bond motifs is 1. The first-order chi connectivity index (χ1) is 7.86. The summed E-state index contributed by atoms with van der Waals surface area (Å²) in [5.41, 5.74) is 3.03. The van der Waals surface area contributed by atoms with Crippen LogP contribution in [-0.4, -0.2) is 9.97 Å². The van der Waals surface area contributed by atoms with E-state index in [-0.39, 0.29) is 0 Å². The summed E-state index contributed by atoms with van der Waals surface area (Å²) in [6.45, 7) is 0. The Kier molecular flexibility index (Phi) is 2.15. The second-order valence-electron chi connectivity index (χ2n) is 3.58. The minimum absolute atomic E-state index is 0.760. The van der Waals surface area contributed by atoms with Crippen LogP contribution in [0, 0.1) is 0 Å². The topological polar surface area (TPSA) is 28.7 Å². The van der Waals surface area contributed by atoms with Gasteiger partial charge in [-0.25, -0.2) is 4.98 Å². The predicted octanol–water partition coefficient (Wildman–Crippen LogP) is 3.88. The average Bonchev–Trinajstić information content (AvgIpc) is 2.77. The van der Waals surface area contributed by atoms with E-state index < -0.39 is 0 Å². The van der Waals surface area contributed by atoms with Crippen LogP contribution in [0.3, 0.4) is 0 Å². The molecule has 1 aromatic carbocycles. The van der Waals surface area contributed by atoms with Gasteiger partial charge in [0, 0.05) is 28.4 Å². The highest BCUT2D eigenvalue weighted by molar-refractivity contribution is 6.33. The highest BCUT2D eigenvalue weighted by Gasteiger charge is 2.07. The lowest BCUT2D eigenvalue weighted by atomic mass is 10.0. The molecule has 0 spiro atoms. The number of H-pyrrole nitrogens is 1. The third-order valence-electron chi connectivity index (χ3n) is 2.62. The molecule has 0 saturated carbocycles. The van der Waals surface area contributed by atoms with Crippen molar-refractivity contribution in [3.8, 4) is 11.1 Å². The van der Waals surface area contributed by atoms with Gasteiger partial charge in [-0.2, -0.15) is 0 Å². The summed E-state index contributed by atoms with van der Waals surface area (Å²) in [5.74, 6) is 0. The lowest BCUT2D eigenvalue weighted by Crippen LogP contribution is -1.82. The molecule has 78 valence electrons. The van der Waals surface area contributed by atoms with Crippen LogP contribution in [0.25, 0.3) is 22.2 Å². The van der Waals surface area contributed by atoms with Crippen LogP contribution < -0.4 is 0 Å². The molecule has 1 N–H and O–H groups in total. The average molecular weight is 229 g/mol. The Hall–Kier alpha value is -1.80. The second-order valence-corrected chi connectivity index (χ2v) is 3.99. The Labute approximate surface area is 97.9 Å². The van der Waals surface area contributed by atoms with Crippen LogP contribution in [0.5, 0.6) is 0 Å². The molecule has 0 aliphatic carbocycles. The fraction of sp³-hybridized carbons (Fsp3) is 0. The van der Waals surface area contributed by atoms with Crippen molar-refractivity contribution in [1.82, 2.24) is 9.97 Å². The quantitative estimate of drug-likeness (QED) is 0.673. The summed E-state index contributed by atoms with van der Waals surface area (Å²) < 4.78 is 0. The number of hydrogen-bond donors (Lipinski definition) is 1. The molecule has 0 fully saturated rings. The molecule has 0 aliphatic rings. The molecule has 0 saturated heterocycles. The second kappa shape index (κ2) is 3.65. The van der Waals surface area contributed by atoms with Gasteiger partial charge in [0.2, 0.25) is 0 Å². The monoisotopic (exact) mass is 228 g/mol. The number of nitrogens with zero attached hydrogens (tertiary/aromatic N) is 1. The predicted molar refractivity (Wildman–Crippen MR) is 66.5 cm³/mol. The fourth-order valence-electron chi connectivity index (χ4n) is 1.88. The zero-order valence-corrected chi connectivity index (χ0v) is 9.20. The van der Waals surface area contributed by atoms with Gasteiger partial charge in [0.25, 0.3) is 0 Å². The zero-order chi connectivity index (χ0) is 11.0. The maximum Gasteiger partial charge on any atom is 0.137 e. The molecular formula is C13H9ClN2. The van der Waals surface area contributed by atoms with Gasteiger partial charge in [0.15, 0.2) is 0 Å². The summed E-state index contributed by atoms with van der Waals surface area (Å²) in [5, 5.41) is 1.85. The Morgan fingerprint density at radius 1 is 1.00 bits per heavy atom. The summed E-state index contributed by atoms with van der Waals surface area (Å²) in [7, 11) is 0. The lowest BCUT2D eigenvalue weighted by Gasteiger charge is -2.05. The van der Waals surface area contributed by atoms with Crippen molar-refractivity contribution in [3.63, 3.8) is 0 Å². The SMILES string of the molecule is Clc1ccccc1-c1ccnc2[nH]ccc12. The van der Waals surface area contributed by atoms with Crippen LogP contribution >= 0.6 is 11.6 Å². The van der Waals surface area contributed by atoms with Gasteiger partial charge >= 0.3 is 0 Å². The van der Waals surface area contributed by atoms with Crippen molar-refractivity contribution in [3.05, 3.63) is 53.8 Å². The number of hydrogen-bond acceptors (Lipinski definition) is 1. The molecule has 16 heavy (non-hydrogen) atoms. The summed E-state index contributed by atoms with van der Waals surface area (Å²) in [6.07, 6.45) is 3.68. The van der Waals surface area contributed by atoms with Crippen molar-refractivity contribution in [1.29, 1.82) is 0 Å². The molecule has 0 unspecified atom stereocenters. The van der Waals surface area contributed by atoms with Crippen molar-refractivity contribution < 1.29 is 0 Å². The summed E-state index contributed by atoms with van der Waals surface area (Å²) in [4.78, 5) is 7.35. The van der Waals surface area contributed by atoms with Crippen molar-refractivity contribution in [2.75, 3.05) is 0 Å². The van der Waals surface area contributed by atoms with E-state index in [1.165, 1.54) is 0 Å². The number of aromatic nitrogens is 2. The Morgan fingerprint density at radius 2 is 1.88 bits per heavy atom. The first kappa shape index (κ1) is 9.43. The van der Waals surface area contributed by atoms with E-state index in [9.17, 15) is 0 Å². The number of pyridine rings is 1. The number of nitrogens with one attached hydrogen (secondary N) is 1. The number of rotatable bonds is 1. The summed E-state index contributed by atoms with van der Waals surface area (Å²) >= 11 is 6.20. The Bertz CT molecular complexity index is 643.